The van der Waals surface area contributed by atoms with Crippen molar-refractivity contribution < 1.29 is 16.8 Å². The van der Waals surface area contributed by atoms with Crippen LogP contribution in [0.1, 0.15) is 28.8 Å². The van der Waals surface area contributed by atoms with Gasteiger partial charge in [-0.15, -0.1) is 0 Å². The molecule has 0 bridgehead atoms. The second kappa shape index (κ2) is 6.33. The fraction of sp³-hybridized carbons (Fsp3) is 0.182. The summed E-state index contributed by atoms with van der Waals surface area (Å²) >= 11 is 0. The van der Waals surface area contributed by atoms with Crippen LogP contribution in [0.3, 0.4) is 0 Å². The Morgan fingerprint density at radius 2 is 1.13 bits per heavy atom. The van der Waals surface area contributed by atoms with E-state index in [1.165, 1.54) is 8.61 Å². The molecule has 30 heavy (non-hydrogen) atoms. The third-order valence-electron chi connectivity index (χ3n) is 5.73. The van der Waals surface area contributed by atoms with Crippen LogP contribution in [-0.2, 0) is 20.0 Å². The molecule has 154 valence electrons. The van der Waals surface area contributed by atoms with Gasteiger partial charge in [0.1, 0.15) is 0 Å². The second-order valence-electron chi connectivity index (χ2n) is 7.68. The molecular formula is C22H20N2O4S2. The Kier molecular flexibility index (Phi) is 4.04. The van der Waals surface area contributed by atoms with Gasteiger partial charge < -0.3 is 0 Å². The number of para-hydroxylation sites is 2. The van der Waals surface area contributed by atoms with E-state index >= 15 is 0 Å². The maximum atomic E-state index is 13.8. The first-order valence-corrected chi connectivity index (χ1v) is 12.8. The fourth-order valence-corrected chi connectivity index (χ4v) is 7.34. The molecule has 0 spiro atoms. The highest BCUT2D eigenvalue weighted by Gasteiger charge is 2.55. The van der Waals surface area contributed by atoms with Crippen LogP contribution in [0.2, 0.25) is 0 Å². The third kappa shape index (κ3) is 2.60. The number of hydrogen-bond donors (Lipinski definition) is 0. The van der Waals surface area contributed by atoms with Crippen LogP contribution >= 0.6 is 0 Å². The molecule has 0 saturated heterocycles. The lowest BCUT2D eigenvalue weighted by Gasteiger charge is -2.27. The lowest BCUT2D eigenvalue weighted by molar-refractivity contribution is 0.562. The summed E-state index contributed by atoms with van der Waals surface area (Å²) in [6.45, 7) is 1.90. The largest absolute Gasteiger partial charge is 0.264 e. The Hall–Kier alpha value is -2.84. The highest BCUT2D eigenvalue weighted by molar-refractivity contribution is 7.93. The smallest absolute Gasteiger partial charge is 0.260 e. The zero-order valence-electron chi connectivity index (χ0n) is 16.4. The maximum Gasteiger partial charge on any atom is 0.264 e. The fourth-order valence-electron chi connectivity index (χ4n) is 4.51. The number of rotatable bonds is 3. The summed E-state index contributed by atoms with van der Waals surface area (Å²) in [4.78, 5) is 0.179. The number of sulfonamides is 2. The molecule has 6 nitrogen and oxygen atoms in total. The molecule has 0 aliphatic carbocycles. The number of hydrogen-bond acceptors (Lipinski definition) is 4. The molecular weight excluding hydrogens is 420 g/mol. The summed E-state index contributed by atoms with van der Waals surface area (Å²) < 4.78 is 55.8. The topological polar surface area (TPSA) is 74.8 Å². The zero-order chi connectivity index (χ0) is 21.3. The van der Waals surface area contributed by atoms with Gasteiger partial charge in [-0.25, -0.2) is 16.8 Å². The minimum Gasteiger partial charge on any atom is -0.260 e. The van der Waals surface area contributed by atoms with Gasteiger partial charge in [0.25, 0.3) is 10.0 Å². The molecule has 2 aliphatic rings. The van der Waals surface area contributed by atoms with Gasteiger partial charge >= 0.3 is 0 Å². The van der Waals surface area contributed by atoms with Gasteiger partial charge in [-0.2, -0.15) is 0 Å². The van der Waals surface area contributed by atoms with Gasteiger partial charge in [0.2, 0.25) is 10.0 Å². The first kappa shape index (κ1) is 19.1. The Morgan fingerprint density at radius 1 is 0.667 bits per heavy atom. The van der Waals surface area contributed by atoms with Gasteiger partial charge in [0.15, 0.2) is 0 Å². The monoisotopic (exact) mass is 440 g/mol. The highest BCUT2D eigenvalue weighted by atomic mass is 32.2. The Bertz CT molecular complexity index is 1370. The molecule has 0 aromatic heterocycles. The minimum atomic E-state index is -3.92. The maximum absolute atomic E-state index is 13.8. The van der Waals surface area contributed by atoms with E-state index in [0.29, 0.717) is 22.5 Å². The van der Waals surface area contributed by atoms with E-state index in [-0.39, 0.29) is 4.90 Å². The molecule has 8 heteroatoms. The van der Waals surface area contributed by atoms with Gasteiger partial charge in [-0.1, -0.05) is 54.1 Å². The van der Waals surface area contributed by atoms with Crippen molar-refractivity contribution in [1.29, 1.82) is 0 Å². The first-order valence-electron chi connectivity index (χ1n) is 9.49. The summed E-state index contributed by atoms with van der Waals surface area (Å²) in [6, 6.07) is 19.6. The van der Waals surface area contributed by atoms with Gasteiger partial charge in [0.05, 0.1) is 34.6 Å². The number of aryl methyl sites for hydroxylation is 1. The van der Waals surface area contributed by atoms with E-state index in [1.807, 2.05) is 19.1 Å². The molecule has 5 rings (SSSR count). The van der Waals surface area contributed by atoms with Crippen LogP contribution in [-0.4, -0.2) is 23.1 Å². The van der Waals surface area contributed by atoms with Crippen molar-refractivity contribution in [2.24, 2.45) is 0 Å². The Balaban J connectivity index is 1.79. The van der Waals surface area contributed by atoms with E-state index in [4.69, 9.17) is 0 Å². The normalized spacial score (nSPS) is 20.1. The quantitative estimate of drug-likeness (QED) is 0.621. The van der Waals surface area contributed by atoms with Gasteiger partial charge in [-0.05, 0) is 31.2 Å². The molecule has 3 aromatic carbocycles. The molecule has 0 saturated carbocycles. The van der Waals surface area contributed by atoms with Crippen molar-refractivity contribution in [3.8, 4) is 0 Å². The van der Waals surface area contributed by atoms with E-state index in [2.05, 4.69) is 0 Å². The first-order chi connectivity index (χ1) is 14.2. The molecule has 0 unspecified atom stereocenters. The van der Waals surface area contributed by atoms with Crippen molar-refractivity contribution in [2.75, 3.05) is 14.9 Å². The zero-order valence-corrected chi connectivity index (χ0v) is 18.1. The molecule has 2 aliphatic heterocycles. The summed E-state index contributed by atoms with van der Waals surface area (Å²) in [5, 5.41) is 0. The highest BCUT2D eigenvalue weighted by Crippen LogP contribution is 2.60. The van der Waals surface area contributed by atoms with Gasteiger partial charge in [-0.3, -0.25) is 8.61 Å². The molecule has 0 N–H and O–H groups in total. The molecule has 0 radical (unpaired) electrons. The van der Waals surface area contributed by atoms with Crippen molar-refractivity contribution in [1.82, 2.24) is 0 Å². The van der Waals surface area contributed by atoms with Crippen LogP contribution < -0.4 is 8.61 Å². The standard InChI is InChI=1S/C22H20N2O4S2/c1-15-11-13-16(14-12-15)30(27,28)24-20-10-6-4-8-18(20)21-22(24)17-7-3-5-9-19(17)23(21)29(2,25)26/h3-14,21-22H,1-2H3/t21-,22-/m0/s1. The lowest BCUT2D eigenvalue weighted by atomic mass is 10.0. The number of nitrogens with zero attached hydrogens (tertiary/aromatic N) is 2. The minimum absolute atomic E-state index is 0.179. The van der Waals surface area contributed by atoms with E-state index < -0.39 is 32.1 Å². The number of anilines is 2. The van der Waals surface area contributed by atoms with Gasteiger partial charge in [0, 0.05) is 11.1 Å². The summed E-state index contributed by atoms with van der Waals surface area (Å²) in [5.74, 6) is 0. The SMILES string of the molecule is Cc1ccc(S(=O)(=O)N2c3ccccc3[C@H]3[C@@H]2c2ccccc2N3S(C)(=O)=O)cc1. The van der Waals surface area contributed by atoms with Crippen LogP contribution in [0.4, 0.5) is 11.4 Å². The molecule has 2 heterocycles. The number of benzene rings is 3. The summed E-state index contributed by atoms with van der Waals surface area (Å²) in [7, 11) is -7.56. The van der Waals surface area contributed by atoms with Crippen molar-refractivity contribution >= 4 is 31.4 Å². The Morgan fingerprint density at radius 3 is 1.67 bits per heavy atom. The summed E-state index contributed by atoms with van der Waals surface area (Å²) in [6.07, 6.45) is 1.16. The molecule has 2 atom stereocenters. The van der Waals surface area contributed by atoms with Crippen LogP contribution in [0, 0.1) is 6.92 Å². The third-order valence-corrected chi connectivity index (χ3v) is 8.67. The van der Waals surface area contributed by atoms with Crippen molar-refractivity contribution in [3.05, 3.63) is 89.5 Å². The molecule has 3 aromatic rings. The van der Waals surface area contributed by atoms with Crippen molar-refractivity contribution in [3.63, 3.8) is 0 Å². The molecule has 0 fully saturated rings. The van der Waals surface area contributed by atoms with Crippen LogP contribution in [0.25, 0.3) is 0 Å². The van der Waals surface area contributed by atoms with Crippen molar-refractivity contribution in [2.45, 2.75) is 23.9 Å². The van der Waals surface area contributed by atoms with E-state index in [1.54, 1.807) is 60.7 Å². The number of fused-ring (bicyclic) bond motifs is 5. The van der Waals surface area contributed by atoms with E-state index in [9.17, 15) is 16.8 Å². The predicted octanol–water partition coefficient (Wildman–Crippen LogP) is 3.77. The summed E-state index contributed by atoms with van der Waals surface area (Å²) in [5.41, 5.74) is 3.35. The average molecular weight is 441 g/mol. The Labute approximate surface area is 176 Å². The average Bonchev–Trinajstić information content (AvgIpc) is 3.21. The molecule has 0 amide bonds. The second-order valence-corrected chi connectivity index (χ2v) is 11.4. The van der Waals surface area contributed by atoms with Crippen LogP contribution in [0.5, 0.6) is 0 Å². The van der Waals surface area contributed by atoms with Crippen LogP contribution in [0.15, 0.2) is 77.7 Å². The predicted molar refractivity (Wildman–Crippen MR) is 117 cm³/mol. The van der Waals surface area contributed by atoms with E-state index in [0.717, 1.165) is 11.8 Å². The lowest BCUT2D eigenvalue weighted by Crippen LogP contribution is -2.35.